The lowest BCUT2D eigenvalue weighted by molar-refractivity contribution is -0.143. The smallest absolute Gasteiger partial charge is 0.306 e. The van der Waals surface area contributed by atoms with Gasteiger partial charge in [-0.3, -0.25) is 4.79 Å². The number of aliphatic carboxylic acids is 1. The maximum absolute atomic E-state index is 11.8. The average molecular weight is 481 g/mol. The van der Waals surface area contributed by atoms with Gasteiger partial charge in [0.25, 0.3) is 0 Å². The largest absolute Gasteiger partial charge is 0.481 e. The molecule has 34 heavy (non-hydrogen) atoms. The fourth-order valence-corrected chi connectivity index (χ4v) is 5.37. The number of unbranched alkanes of at least 4 members (excludes halogenated alkanes) is 22. The number of carboxylic acids is 1. The summed E-state index contributed by atoms with van der Waals surface area (Å²) in [6, 6.07) is 0. The third-order valence-corrected chi connectivity index (χ3v) is 7.89. The monoisotopic (exact) mass is 480 g/mol. The molecular formula is C32H64O2. The number of hydrogen-bond donors (Lipinski definition) is 1. The van der Waals surface area contributed by atoms with Gasteiger partial charge in [0.1, 0.15) is 0 Å². The molecule has 0 amide bonds. The second kappa shape index (κ2) is 27.1. The first kappa shape index (κ1) is 33.5. The maximum atomic E-state index is 11.8. The summed E-state index contributed by atoms with van der Waals surface area (Å²) in [4.78, 5) is 11.8. The van der Waals surface area contributed by atoms with E-state index >= 15 is 0 Å². The van der Waals surface area contributed by atoms with E-state index in [9.17, 15) is 9.90 Å². The van der Waals surface area contributed by atoms with Gasteiger partial charge in [0.05, 0.1) is 5.92 Å². The van der Waals surface area contributed by atoms with Crippen molar-refractivity contribution in [1.29, 1.82) is 0 Å². The Hall–Kier alpha value is -0.530. The predicted molar refractivity (Wildman–Crippen MR) is 152 cm³/mol. The standard InChI is InChI=1S/C32H64O2/c1-4-6-8-10-12-14-16-17-19-21-23-25-27-29-31(32(33)34)30(3)28-26-24-22-20-18-15-13-11-9-7-5-2/h30-31H,4-29H2,1-3H3,(H,33,34). The fourth-order valence-electron chi connectivity index (χ4n) is 5.37. The van der Waals surface area contributed by atoms with Crippen molar-refractivity contribution < 1.29 is 9.90 Å². The molecule has 0 aliphatic rings. The average Bonchev–Trinajstić information content (AvgIpc) is 2.82. The fraction of sp³-hybridized carbons (Fsp3) is 0.969. The van der Waals surface area contributed by atoms with Gasteiger partial charge in [-0.2, -0.15) is 0 Å². The minimum atomic E-state index is -0.561. The van der Waals surface area contributed by atoms with Crippen LogP contribution in [0.2, 0.25) is 0 Å². The lowest BCUT2D eigenvalue weighted by Gasteiger charge is -2.20. The van der Waals surface area contributed by atoms with E-state index in [1.165, 1.54) is 148 Å². The highest BCUT2D eigenvalue weighted by Gasteiger charge is 2.23. The van der Waals surface area contributed by atoms with Gasteiger partial charge in [-0.15, -0.1) is 0 Å². The quantitative estimate of drug-likeness (QED) is 0.113. The first-order valence-corrected chi connectivity index (χ1v) is 15.9. The Labute approximate surface area is 215 Å². The Morgan fingerprint density at radius 3 is 1.03 bits per heavy atom. The molecule has 0 aliphatic heterocycles. The van der Waals surface area contributed by atoms with Crippen molar-refractivity contribution in [3.8, 4) is 0 Å². The zero-order valence-electron chi connectivity index (χ0n) is 23.9. The Kier molecular flexibility index (Phi) is 26.6. The third kappa shape index (κ3) is 23.2. The Morgan fingerprint density at radius 2 is 0.735 bits per heavy atom. The van der Waals surface area contributed by atoms with Crippen molar-refractivity contribution >= 4 is 5.97 Å². The molecule has 0 bridgehead atoms. The summed E-state index contributed by atoms with van der Waals surface area (Å²) < 4.78 is 0. The van der Waals surface area contributed by atoms with Gasteiger partial charge >= 0.3 is 5.97 Å². The van der Waals surface area contributed by atoms with E-state index < -0.39 is 5.97 Å². The van der Waals surface area contributed by atoms with Crippen LogP contribution < -0.4 is 0 Å². The van der Waals surface area contributed by atoms with Crippen molar-refractivity contribution in [2.24, 2.45) is 11.8 Å². The van der Waals surface area contributed by atoms with Gasteiger partial charge in [-0.05, 0) is 18.8 Å². The molecule has 0 aromatic rings. The predicted octanol–water partition coefficient (Wildman–Crippen LogP) is 11.5. The zero-order chi connectivity index (χ0) is 25.1. The van der Waals surface area contributed by atoms with Crippen LogP contribution in [-0.2, 0) is 4.79 Å². The SMILES string of the molecule is CCCCCCCCCCCCCCCC(C(=O)O)C(C)CCCCCCCCCCCCC. The molecule has 0 heterocycles. The second-order valence-corrected chi connectivity index (χ2v) is 11.3. The molecule has 204 valence electrons. The Bertz CT molecular complexity index is 406. The van der Waals surface area contributed by atoms with Crippen LogP contribution >= 0.6 is 0 Å². The van der Waals surface area contributed by atoms with Crippen LogP contribution in [0.4, 0.5) is 0 Å². The first-order chi connectivity index (χ1) is 16.6. The molecule has 0 radical (unpaired) electrons. The van der Waals surface area contributed by atoms with Gasteiger partial charge in [-0.25, -0.2) is 0 Å². The molecule has 0 spiro atoms. The van der Waals surface area contributed by atoms with Crippen LogP contribution in [0.3, 0.4) is 0 Å². The van der Waals surface area contributed by atoms with Crippen LogP contribution in [0.25, 0.3) is 0 Å². The molecule has 0 aromatic heterocycles. The molecule has 2 unspecified atom stereocenters. The summed E-state index contributed by atoms with van der Waals surface area (Å²) in [5.74, 6) is -0.362. The number of carboxylic acid groups (broad SMARTS) is 1. The highest BCUT2D eigenvalue weighted by Crippen LogP contribution is 2.25. The summed E-state index contributed by atoms with van der Waals surface area (Å²) in [7, 11) is 0. The third-order valence-electron chi connectivity index (χ3n) is 7.89. The van der Waals surface area contributed by atoms with E-state index in [0.717, 1.165) is 19.3 Å². The van der Waals surface area contributed by atoms with Crippen molar-refractivity contribution in [1.82, 2.24) is 0 Å². The molecule has 2 nitrogen and oxygen atoms in total. The van der Waals surface area contributed by atoms with Gasteiger partial charge in [-0.1, -0.05) is 175 Å². The number of hydrogen-bond acceptors (Lipinski definition) is 1. The lowest BCUT2D eigenvalue weighted by atomic mass is 9.85. The van der Waals surface area contributed by atoms with E-state index in [1.807, 2.05) is 0 Å². The molecule has 2 atom stereocenters. The number of rotatable bonds is 28. The van der Waals surface area contributed by atoms with E-state index in [4.69, 9.17) is 0 Å². The molecule has 0 aliphatic carbocycles. The van der Waals surface area contributed by atoms with Crippen LogP contribution in [0.5, 0.6) is 0 Å². The summed E-state index contributed by atoms with van der Waals surface area (Å²) >= 11 is 0. The van der Waals surface area contributed by atoms with E-state index in [2.05, 4.69) is 20.8 Å². The van der Waals surface area contributed by atoms with Crippen molar-refractivity contribution in [3.63, 3.8) is 0 Å². The van der Waals surface area contributed by atoms with Crippen LogP contribution in [0, 0.1) is 11.8 Å². The zero-order valence-corrected chi connectivity index (χ0v) is 23.9. The van der Waals surface area contributed by atoms with Crippen molar-refractivity contribution in [3.05, 3.63) is 0 Å². The van der Waals surface area contributed by atoms with Gasteiger partial charge in [0.15, 0.2) is 0 Å². The Balaban J connectivity index is 3.58. The summed E-state index contributed by atoms with van der Waals surface area (Å²) in [6.45, 7) is 6.74. The van der Waals surface area contributed by atoms with Crippen molar-refractivity contribution in [2.45, 2.75) is 188 Å². The van der Waals surface area contributed by atoms with E-state index in [-0.39, 0.29) is 5.92 Å². The van der Waals surface area contributed by atoms with Crippen molar-refractivity contribution in [2.75, 3.05) is 0 Å². The highest BCUT2D eigenvalue weighted by molar-refractivity contribution is 5.70. The van der Waals surface area contributed by atoms with E-state index in [0.29, 0.717) is 5.92 Å². The maximum Gasteiger partial charge on any atom is 0.306 e. The normalized spacial score (nSPS) is 13.3. The van der Waals surface area contributed by atoms with Crippen LogP contribution in [0.15, 0.2) is 0 Å². The minimum Gasteiger partial charge on any atom is -0.481 e. The van der Waals surface area contributed by atoms with Gasteiger partial charge in [0, 0.05) is 0 Å². The summed E-state index contributed by atoms with van der Waals surface area (Å²) in [6.07, 6.45) is 34.5. The molecule has 2 heteroatoms. The van der Waals surface area contributed by atoms with Crippen LogP contribution in [-0.4, -0.2) is 11.1 Å². The minimum absolute atomic E-state index is 0.129. The molecular weight excluding hydrogens is 416 g/mol. The lowest BCUT2D eigenvalue weighted by Crippen LogP contribution is -2.21. The Morgan fingerprint density at radius 1 is 0.471 bits per heavy atom. The molecule has 0 aromatic carbocycles. The molecule has 0 saturated heterocycles. The first-order valence-electron chi connectivity index (χ1n) is 15.9. The number of carbonyl (C=O) groups is 1. The van der Waals surface area contributed by atoms with Gasteiger partial charge in [0.2, 0.25) is 0 Å². The summed E-state index contributed by atoms with van der Waals surface area (Å²) in [5.41, 5.74) is 0. The topological polar surface area (TPSA) is 37.3 Å². The molecule has 1 N–H and O–H groups in total. The molecule has 0 saturated carbocycles. The summed E-state index contributed by atoms with van der Waals surface area (Å²) in [5, 5.41) is 9.71. The van der Waals surface area contributed by atoms with Gasteiger partial charge < -0.3 is 5.11 Å². The molecule has 0 fully saturated rings. The highest BCUT2D eigenvalue weighted by atomic mass is 16.4. The molecule has 0 rings (SSSR count). The van der Waals surface area contributed by atoms with Crippen LogP contribution in [0.1, 0.15) is 188 Å². The second-order valence-electron chi connectivity index (χ2n) is 11.3. The van der Waals surface area contributed by atoms with E-state index in [1.54, 1.807) is 0 Å².